The van der Waals surface area contributed by atoms with Crippen molar-refractivity contribution >= 4 is 22.5 Å². The number of Topliss-reactive ketones (excluding diaryl/α,β-unsaturated/α-hetero) is 1. The molecule has 0 aliphatic heterocycles. The van der Waals surface area contributed by atoms with E-state index in [4.69, 9.17) is 4.74 Å². The van der Waals surface area contributed by atoms with E-state index in [0.29, 0.717) is 11.1 Å². The third kappa shape index (κ3) is 3.99. The molecule has 0 aliphatic carbocycles. The van der Waals surface area contributed by atoms with Gasteiger partial charge in [-0.25, -0.2) is 4.79 Å². The van der Waals surface area contributed by atoms with Crippen LogP contribution < -0.4 is 0 Å². The molecule has 0 fully saturated rings. The van der Waals surface area contributed by atoms with Crippen molar-refractivity contribution in [2.45, 2.75) is 26.2 Å². The lowest BCUT2D eigenvalue weighted by Crippen LogP contribution is -2.15. The number of benzene rings is 3. The maximum atomic E-state index is 12.3. The summed E-state index contributed by atoms with van der Waals surface area (Å²) in [5, 5.41) is 2.06. The van der Waals surface area contributed by atoms with Gasteiger partial charge in [-0.05, 0) is 39.9 Å². The average molecular weight is 346 g/mol. The minimum atomic E-state index is -0.486. The Morgan fingerprint density at radius 2 is 1.42 bits per heavy atom. The zero-order chi connectivity index (χ0) is 18.7. The Labute approximate surface area is 153 Å². The molecule has 0 radical (unpaired) electrons. The van der Waals surface area contributed by atoms with Crippen molar-refractivity contribution in [3.8, 4) is 0 Å². The zero-order valence-corrected chi connectivity index (χ0v) is 15.3. The molecule has 3 aromatic rings. The van der Waals surface area contributed by atoms with Gasteiger partial charge in [0.1, 0.15) is 0 Å². The van der Waals surface area contributed by atoms with E-state index in [1.807, 2.05) is 48.5 Å². The second-order valence-corrected chi connectivity index (χ2v) is 7.39. The Bertz CT molecular complexity index is 947. The van der Waals surface area contributed by atoms with Crippen LogP contribution in [0.2, 0.25) is 0 Å². The van der Waals surface area contributed by atoms with Crippen molar-refractivity contribution < 1.29 is 14.3 Å². The van der Waals surface area contributed by atoms with Crippen LogP contribution >= 0.6 is 0 Å². The fourth-order valence-corrected chi connectivity index (χ4v) is 2.77. The van der Waals surface area contributed by atoms with Gasteiger partial charge in [0, 0.05) is 5.56 Å². The van der Waals surface area contributed by atoms with Crippen LogP contribution in [0.3, 0.4) is 0 Å². The number of carbonyl (C=O) groups is 2. The maximum Gasteiger partial charge on any atom is 0.338 e. The minimum absolute atomic E-state index is 0.0223. The molecule has 0 aromatic heterocycles. The van der Waals surface area contributed by atoms with Crippen LogP contribution in [0.1, 0.15) is 47.1 Å². The summed E-state index contributed by atoms with van der Waals surface area (Å²) in [6, 6.07) is 20.6. The zero-order valence-electron chi connectivity index (χ0n) is 15.3. The van der Waals surface area contributed by atoms with Gasteiger partial charge in [-0.2, -0.15) is 0 Å². The van der Waals surface area contributed by atoms with Crippen molar-refractivity contribution in [1.82, 2.24) is 0 Å². The number of carbonyl (C=O) groups excluding carboxylic acids is 2. The van der Waals surface area contributed by atoms with E-state index < -0.39 is 5.97 Å². The summed E-state index contributed by atoms with van der Waals surface area (Å²) in [4.78, 5) is 24.5. The van der Waals surface area contributed by atoms with E-state index in [2.05, 4.69) is 20.8 Å². The summed E-state index contributed by atoms with van der Waals surface area (Å²) >= 11 is 0. The van der Waals surface area contributed by atoms with Gasteiger partial charge < -0.3 is 4.74 Å². The highest BCUT2D eigenvalue weighted by Crippen LogP contribution is 2.22. The van der Waals surface area contributed by atoms with E-state index >= 15 is 0 Å². The molecule has 3 aromatic carbocycles. The van der Waals surface area contributed by atoms with Crippen molar-refractivity contribution in [1.29, 1.82) is 0 Å². The lowest BCUT2D eigenvalue weighted by molar-refractivity contribution is 0.0475. The number of hydrogen-bond acceptors (Lipinski definition) is 3. The molecule has 0 unspecified atom stereocenters. The van der Waals surface area contributed by atoms with Gasteiger partial charge in [0.25, 0.3) is 0 Å². The van der Waals surface area contributed by atoms with Gasteiger partial charge in [-0.1, -0.05) is 69.3 Å². The van der Waals surface area contributed by atoms with Crippen LogP contribution in [-0.2, 0) is 10.2 Å². The van der Waals surface area contributed by atoms with E-state index in [9.17, 15) is 9.59 Å². The van der Waals surface area contributed by atoms with Crippen LogP contribution in [-0.4, -0.2) is 18.4 Å². The predicted octanol–water partition coefficient (Wildman–Crippen LogP) is 5.18. The monoisotopic (exact) mass is 346 g/mol. The first-order valence-corrected chi connectivity index (χ1v) is 8.64. The van der Waals surface area contributed by atoms with E-state index in [-0.39, 0.29) is 17.8 Å². The lowest BCUT2D eigenvalue weighted by Gasteiger charge is -2.18. The van der Waals surface area contributed by atoms with Crippen molar-refractivity contribution in [2.24, 2.45) is 0 Å². The van der Waals surface area contributed by atoms with Gasteiger partial charge in [-0.15, -0.1) is 0 Å². The van der Waals surface area contributed by atoms with E-state index in [1.54, 1.807) is 18.2 Å². The molecule has 132 valence electrons. The Morgan fingerprint density at radius 1 is 0.808 bits per heavy atom. The van der Waals surface area contributed by atoms with Crippen molar-refractivity contribution in [3.05, 3.63) is 83.4 Å². The molecule has 0 saturated heterocycles. The lowest BCUT2D eigenvalue weighted by atomic mass is 9.87. The predicted molar refractivity (Wildman–Crippen MR) is 104 cm³/mol. The number of hydrogen-bond donors (Lipinski definition) is 0. The highest BCUT2D eigenvalue weighted by Gasteiger charge is 2.16. The SMILES string of the molecule is CC(C)(C)c1ccc(C(=O)OCC(=O)c2ccc3ccccc3c2)cc1. The number of fused-ring (bicyclic) bond motifs is 1. The summed E-state index contributed by atoms with van der Waals surface area (Å²) < 4.78 is 5.19. The van der Waals surface area contributed by atoms with Crippen LogP contribution in [0, 0.1) is 0 Å². The van der Waals surface area contributed by atoms with Gasteiger partial charge in [-0.3, -0.25) is 4.79 Å². The summed E-state index contributed by atoms with van der Waals surface area (Å²) in [7, 11) is 0. The fraction of sp³-hybridized carbons (Fsp3) is 0.217. The molecule has 0 amide bonds. The average Bonchev–Trinajstić information content (AvgIpc) is 2.64. The maximum absolute atomic E-state index is 12.3. The van der Waals surface area contributed by atoms with Crippen molar-refractivity contribution in [2.75, 3.05) is 6.61 Å². The summed E-state index contributed by atoms with van der Waals surface area (Å²) in [6.07, 6.45) is 0. The van der Waals surface area contributed by atoms with Crippen LogP contribution in [0.5, 0.6) is 0 Å². The topological polar surface area (TPSA) is 43.4 Å². The number of esters is 1. The minimum Gasteiger partial charge on any atom is -0.454 e. The Kier molecular flexibility index (Phi) is 4.90. The first-order chi connectivity index (χ1) is 12.3. The summed E-state index contributed by atoms with van der Waals surface area (Å²) in [5.74, 6) is -0.699. The van der Waals surface area contributed by atoms with Crippen LogP contribution in [0.15, 0.2) is 66.7 Å². The molecular formula is C23H22O3. The van der Waals surface area contributed by atoms with Crippen LogP contribution in [0.25, 0.3) is 10.8 Å². The molecule has 0 heterocycles. The summed E-state index contributed by atoms with van der Waals surface area (Å²) in [6.45, 7) is 6.08. The van der Waals surface area contributed by atoms with E-state index in [0.717, 1.165) is 16.3 Å². The van der Waals surface area contributed by atoms with Gasteiger partial charge in [0.05, 0.1) is 5.56 Å². The molecule has 0 N–H and O–H groups in total. The Morgan fingerprint density at radius 3 is 2.08 bits per heavy atom. The first kappa shape index (κ1) is 17.9. The normalized spacial score (nSPS) is 11.3. The summed E-state index contributed by atoms with van der Waals surface area (Å²) in [5.41, 5.74) is 2.15. The number of rotatable bonds is 4. The van der Waals surface area contributed by atoms with Crippen molar-refractivity contribution in [3.63, 3.8) is 0 Å². The number of ether oxygens (including phenoxy) is 1. The quantitative estimate of drug-likeness (QED) is 0.483. The highest BCUT2D eigenvalue weighted by atomic mass is 16.5. The van der Waals surface area contributed by atoms with Crippen LogP contribution in [0.4, 0.5) is 0 Å². The third-order valence-electron chi connectivity index (χ3n) is 4.39. The Balaban J connectivity index is 1.65. The molecular weight excluding hydrogens is 324 g/mol. The van der Waals surface area contributed by atoms with Gasteiger partial charge >= 0.3 is 5.97 Å². The first-order valence-electron chi connectivity index (χ1n) is 8.64. The molecule has 3 heteroatoms. The highest BCUT2D eigenvalue weighted by molar-refractivity contribution is 6.02. The Hall–Kier alpha value is -2.94. The molecule has 0 aliphatic rings. The largest absolute Gasteiger partial charge is 0.454 e. The number of ketones is 1. The molecule has 0 spiro atoms. The van der Waals surface area contributed by atoms with Gasteiger partial charge in [0.2, 0.25) is 0 Å². The molecule has 0 atom stereocenters. The standard InChI is InChI=1S/C23H22O3/c1-23(2,3)20-12-10-17(11-13-20)22(25)26-15-21(24)19-9-8-16-6-4-5-7-18(16)14-19/h4-14H,15H2,1-3H3. The molecule has 26 heavy (non-hydrogen) atoms. The second-order valence-electron chi connectivity index (χ2n) is 7.39. The molecule has 0 saturated carbocycles. The smallest absolute Gasteiger partial charge is 0.338 e. The second kappa shape index (κ2) is 7.12. The molecule has 3 nitrogen and oxygen atoms in total. The van der Waals surface area contributed by atoms with E-state index in [1.165, 1.54) is 0 Å². The molecule has 0 bridgehead atoms. The third-order valence-corrected chi connectivity index (χ3v) is 4.39. The molecule has 3 rings (SSSR count). The fourth-order valence-electron chi connectivity index (χ4n) is 2.77. The van der Waals surface area contributed by atoms with Gasteiger partial charge in [0.15, 0.2) is 12.4 Å².